The van der Waals surface area contributed by atoms with Crippen LogP contribution in [0.2, 0.25) is 0 Å². The third-order valence-electron chi connectivity index (χ3n) is 2.92. The fourth-order valence-electron chi connectivity index (χ4n) is 1.81. The minimum atomic E-state index is 0.0421. The lowest BCUT2D eigenvalue weighted by molar-refractivity contribution is 0.0983. The average molecular weight is 255 g/mol. The second-order valence-electron chi connectivity index (χ2n) is 4.22. The van der Waals surface area contributed by atoms with Crippen LogP contribution in [-0.4, -0.2) is 10.8 Å². The second-order valence-corrected chi connectivity index (χ2v) is 4.22. The van der Waals surface area contributed by atoms with E-state index in [4.69, 9.17) is 4.74 Å². The van der Waals surface area contributed by atoms with Crippen LogP contribution >= 0.6 is 0 Å². The second kappa shape index (κ2) is 6.14. The van der Waals surface area contributed by atoms with E-state index in [9.17, 15) is 4.79 Å². The van der Waals surface area contributed by atoms with E-state index in [-0.39, 0.29) is 5.78 Å². The van der Waals surface area contributed by atoms with E-state index in [2.05, 4.69) is 11.9 Å². The van der Waals surface area contributed by atoms with Gasteiger partial charge in [0.25, 0.3) is 0 Å². The Hall–Kier alpha value is -2.16. The van der Waals surface area contributed by atoms with Crippen LogP contribution < -0.4 is 4.74 Å². The van der Waals surface area contributed by atoms with Crippen LogP contribution in [0, 0.1) is 0 Å². The van der Waals surface area contributed by atoms with Gasteiger partial charge in [-0.15, -0.1) is 0 Å². The van der Waals surface area contributed by atoms with E-state index in [1.807, 2.05) is 31.2 Å². The molecule has 0 unspecified atom stereocenters. The topological polar surface area (TPSA) is 39.2 Å². The Kier molecular flexibility index (Phi) is 4.29. The van der Waals surface area contributed by atoms with Gasteiger partial charge in [-0.25, -0.2) is 4.98 Å². The summed E-state index contributed by atoms with van der Waals surface area (Å²) in [5.41, 5.74) is 1.63. The summed E-state index contributed by atoms with van der Waals surface area (Å²) < 4.78 is 5.79. The standard InChI is InChI=1S/C16H17NO2/c1-3-12-7-5-6-8-16(12)19-13-9-10-14(17-11-13)15(18)4-2/h5-11H,3-4H2,1-2H3. The molecule has 0 N–H and O–H groups in total. The molecule has 3 nitrogen and oxygen atoms in total. The highest BCUT2D eigenvalue weighted by Gasteiger charge is 2.06. The predicted molar refractivity (Wildman–Crippen MR) is 74.8 cm³/mol. The highest BCUT2D eigenvalue weighted by Crippen LogP contribution is 2.25. The van der Waals surface area contributed by atoms with Gasteiger partial charge in [0, 0.05) is 6.42 Å². The maximum absolute atomic E-state index is 11.5. The average Bonchev–Trinajstić information content (AvgIpc) is 2.48. The van der Waals surface area contributed by atoms with E-state index in [0.29, 0.717) is 17.9 Å². The first-order valence-corrected chi connectivity index (χ1v) is 6.49. The van der Waals surface area contributed by atoms with Crippen LogP contribution in [0.25, 0.3) is 0 Å². The Bertz CT molecular complexity index is 561. The van der Waals surface area contributed by atoms with E-state index in [0.717, 1.165) is 17.7 Å². The number of carbonyl (C=O) groups excluding carboxylic acids is 1. The lowest BCUT2D eigenvalue weighted by atomic mass is 10.1. The molecule has 1 aromatic carbocycles. The van der Waals surface area contributed by atoms with Crippen molar-refractivity contribution in [3.05, 3.63) is 53.9 Å². The molecule has 0 saturated carbocycles. The molecule has 1 heterocycles. The first-order chi connectivity index (χ1) is 9.24. The Morgan fingerprint density at radius 2 is 1.95 bits per heavy atom. The van der Waals surface area contributed by atoms with Crippen molar-refractivity contribution < 1.29 is 9.53 Å². The molecule has 2 rings (SSSR count). The Morgan fingerprint density at radius 1 is 1.16 bits per heavy atom. The summed E-state index contributed by atoms with van der Waals surface area (Å²) in [6, 6.07) is 11.4. The number of ketones is 1. The Balaban J connectivity index is 2.17. The van der Waals surface area contributed by atoms with Crippen LogP contribution in [0.15, 0.2) is 42.6 Å². The number of hydrogen-bond donors (Lipinski definition) is 0. The molecule has 0 aliphatic carbocycles. The first kappa shape index (κ1) is 13.3. The zero-order chi connectivity index (χ0) is 13.7. The number of ether oxygens (including phenoxy) is 1. The van der Waals surface area contributed by atoms with E-state index < -0.39 is 0 Å². The molecule has 0 atom stereocenters. The van der Waals surface area contributed by atoms with E-state index >= 15 is 0 Å². The van der Waals surface area contributed by atoms with Crippen molar-refractivity contribution in [3.8, 4) is 11.5 Å². The molecule has 0 fully saturated rings. The maximum atomic E-state index is 11.5. The number of hydrogen-bond acceptors (Lipinski definition) is 3. The number of Topliss-reactive ketones (excluding diaryl/α,β-unsaturated/α-hetero) is 1. The summed E-state index contributed by atoms with van der Waals surface area (Å²) in [6.07, 6.45) is 2.97. The quantitative estimate of drug-likeness (QED) is 0.757. The number of nitrogens with zero attached hydrogens (tertiary/aromatic N) is 1. The molecule has 1 aromatic heterocycles. The molecule has 0 saturated heterocycles. The van der Waals surface area contributed by atoms with Crippen LogP contribution in [0.1, 0.15) is 36.3 Å². The van der Waals surface area contributed by atoms with E-state index in [1.54, 1.807) is 18.3 Å². The van der Waals surface area contributed by atoms with E-state index in [1.165, 1.54) is 0 Å². The van der Waals surface area contributed by atoms with Crippen molar-refractivity contribution in [1.82, 2.24) is 4.98 Å². The largest absolute Gasteiger partial charge is 0.455 e. The van der Waals surface area contributed by atoms with Gasteiger partial charge in [0.15, 0.2) is 5.78 Å². The predicted octanol–water partition coefficient (Wildman–Crippen LogP) is 4.03. The number of aromatic nitrogens is 1. The van der Waals surface area contributed by atoms with Crippen molar-refractivity contribution in [3.63, 3.8) is 0 Å². The highest BCUT2D eigenvalue weighted by atomic mass is 16.5. The summed E-state index contributed by atoms with van der Waals surface area (Å²) in [5, 5.41) is 0. The molecular formula is C16H17NO2. The summed E-state index contributed by atoms with van der Waals surface area (Å²) in [5.74, 6) is 1.52. The van der Waals surface area contributed by atoms with Crippen molar-refractivity contribution in [2.45, 2.75) is 26.7 Å². The molecule has 2 aromatic rings. The summed E-state index contributed by atoms with van der Waals surface area (Å²) in [6.45, 7) is 3.91. The minimum Gasteiger partial charge on any atom is -0.455 e. The molecule has 0 aliphatic rings. The lowest BCUT2D eigenvalue weighted by Crippen LogP contribution is -1.99. The van der Waals surface area contributed by atoms with Crippen LogP contribution in [0.3, 0.4) is 0 Å². The number of para-hydroxylation sites is 1. The van der Waals surface area contributed by atoms with Gasteiger partial charge in [-0.2, -0.15) is 0 Å². The molecule has 0 amide bonds. The molecule has 19 heavy (non-hydrogen) atoms. The third-order valence-corrected chi connectivity index (χ3v) is 2.92. The van der Waals surface area contributed by atoms with Crippen molar-refractivity contribution in [1.29, 1.82) is 0 Å². The van der Waals surface area contributed by atoms with Crippen molar-refractivity contribution in [2.24, 2.45) is 0 Å². The summed E-state index contributed by atoms with van der Waals surface area (Å²) in [7, 11) is 0. The molecule has 0 spiro atoms. The summed E-state index contributed by atoms with van der Waals surface area (Å²) in [4.78, 5) is 15.6. The summed E-state index contributed by atoms with van der Waals surface area (Å²) >= 11 is 0. The molecular weight excluding hydrogens is 238 g/mol. The van der Waals surface area contributed by atoms with Gasteiger partial charge in [0.1, 0.15) is 17.2 Å². The fourth-order valence-corrected chi connectivity index (χ4v) is 1.81. The van der Waals surface area contributed by atoms with Crippen molar-refractivity contribution in [2.75, 3.05) is 0 Å². The third kappa shape index (κ3) is 3.19. The first-order valence-electron chi connectivity index (χ1n) is 6.49. The molecule has 0 radical (unpaired) electrons. The zero-order valence-electron chi connectivity index (χ0n) is 11.2. The number of aryl methyl sites for hydroxylation is 1. The SMILES string of the molecule is CCC(=O)c1ccc(Oc2ccccc2CC)cn1. The Labute approximate surface area is 113 Å². The van der Waals surface area contributed by atoms with Gasteiger partial charge in [0.2, 0.25) is 0 Å². The number of rotatable bonds is 5. The number of benzene rings is 1. The van der Waals surface area contributed by atoms with Gasteiger partial charge in [-0.3, -0.25) is 4.79 Å². The van der Waals surface area contributed by atoms with Crippen LogP contribution in [0.5, 0.6) is 11.5 Å². The monoisotopic (exact) mass is 255 g/mol. The zero-order valence-corrected chi connectivity index (χ0v) is 11.2. The highest BCUT2D eigenvalue weighted by molar-refractivity contribution is 5.93. The smallest absolute Gasteiger partial charge is 0.180 e. The fraction of sp³-hybridized carbons (Fsp3) is 0.250. The lowest BCUT2D eigenvalue weighted by Gasteiger charge is -2.09. The van der Waals surface area contributed by atoms with Crippen LogP contribution in [0.4, 0.5) is 0 Å². The minimum absolute atomic E-state index is 0.0421. The molecule has 0 bridgehead atoms. The normalized spacial score (nSPS) is 10.2. The van der Waals surface area contributed by atoms with Crippen molar-refractivity contribution >= 4 is 5.78 Å². The maximum Gasteiger partial charge on any atom is 0.180 e. The van der Waals surface area contributed by atoms with Gasteiger partial charge >= 0.3 is 0 Å². The van der Waals surface area contributed by atoms with Gasteiger partial charge in [-0.1, -0.05) is 32.0 Å². The number of pyridine rings is 1. The molecule has 0 aliphatic heterocycles. The van der Waals surface area contributed by atoms with Gasteiger partial charge < -0.3 is 4.74 Å². The van der Waals surface area contributed by atoms with Crippen LogP contribution in [-0.2, 0) is 6.42 Å². The van der Waals surface area contributed by atoms with Gasteiger partial charge in [-0.05, 0) is 30.2 Å². The Morgan fingerprint density at radius 3 is 2.58 bits per heavy atom. The molecule has 98 valence electrons. The van der Waals surface area contributed by atoms with Gasteiger partial charge in [0.05, 0.1) is 6.20 Å². The molecule has 3 heteroatoms. The number of carbonyl (C=O) groups is 1.